The maximum atomic E-state index is 11.7. The second kappa shape index (κ2) is 8.75. The van der Waals surface area contributed by atoms with Crippen molar-refractivity contribution in [2.75, 3.05) is 6.54 Å². The van der Waals surface area contributed by atoms with E-state index in [1.807, 2.05) is 19.1 Å². The van der Waals surface area contributed by atoms with E-state index in [-0.39, 0.29) is 11.9 Å². The van der Waals surface area contributed by atoms with E-state index in [0.717, 1.165) is 18.7 Å². The molecule has 1 aromatic rings. The highest BCUT2D eigenvalue weighted by Gasteiger charge is 2.11. The minimum atomic E-state index is -0.151. The van der Waals surface area contributed by atoms with Crippen LogP contribution < -0.4 is 10.6 Å². The Bertz CT molecular complexity index is 323. The van der Waals surface area contributed by atoms with Crippen molar-refractivity contribution in [2.24, 2.45) is 0 Å². The smallest absolute Gasteiger partial charge is 0.237 e. The van der Waals surface area contributed by atoms with Gasteiger partial charge in [-0.2, -0.15) is 0 Å². The molecule has 0 saturated carbocycles. The molecule has 18 heavy (non-hydrogen) atoms. The first-order valence-electron chi connectivity index (χ1n) is 6.77. The van der Waals surface area contributed by atoms with Crippen molar-refractivity contribution in [1.29, 1.82) is 0 Å². The van der Waals surface area contributed by atoms with E-state index in [1.165, 1.54) is 19.3 Å². The first-order chi connectivity index (χ1) is 8.74. The lowest BCUT2D eigenvalue weighted by Gasteiger charge is -2.13. The van der Waals surface area contributed by atoms with Gasteiger partial charge in [0.25, 0.3) is 0 Å². The molecule has 4 heteroatoms. The lowest BCUT2D eigenvalue weighted by molar-refractivity contribution is -0.123. The van der Waals surface area contributed by atoms with Gasteiger partial charge in [-0.1, -0.05) is 26.2 Å². The highest BCUT2D eigenvalue weighted by molar-refractivity contribution is 5.81. The Morgan fingerprint density at radius 1 is 1.39 bits per heavy atom. The largest absolute Gasteiger partial charge is 0.467 e. The summed E-state index contributed by atoms with van der Waals surface area (Å²) in [5.41, 5.74) is 0. The first kappa shape index (κ1) is 14.8. The quantitative estimate of drug-likeness (QED) is 0.664. The Labute approximate surface area is 109 Å². The van der Waals surface area contributed by atoms with Gasteiger partial charge in [0.05, 0.1) is 18.8 Å². The van der Waals surface area contributed by atoms with Crippen molar-refractivity contribution in [3.8, 4) is 0 Å². The predicted octanol–water partition coefficient (Wildman–Crippen LogP) is 2.45. The van der Waals surface area contributed by atoms with Crippen LogP contribution in [0, 0.1) is 0 Å². The van der Waals surface area contributed by atoms with Crippen LogP contribution in [0.4, 0.5) is 0 Å². The molecule has 0 unspecified atom stereocenters. The molecule has 1 heterocycles. The van der Waals surface area contributed by atoms with E-state index >= 15 is 0 Å². The van der Waals surface area contributed by atoms with Crippen molar-refractivity contribution in [3.05, 3.63) is 24.2 Å². The molecule has 0 aliphatic heterocycles. The third-order valence-electron chi connectivity index (χ3n) is 2.89. The minimum Gasteiger partial charge on any atom is -0.467 e. The van der Waals surface area contributed by atoms with E-state index in [4.69, 9.17) is 4.42 Å². The van der Waals surface area contributed by atoms with Gasteiger partial charge >= 0.3 is 0 Å². The lowest BCUT2D eigenvalue weighted by atomic mass is 10.2. The van der Waals surface area contributed by atoms with Gasteiger partial charge in [-0.3, -0.25) is 4.79 Å². The molecule has 0 radical (unpaired) electrons. The Hall–Kier alpha value is -1.29. The van der Waals surface area contributed by atoms with Gasteiger partial charge in [0, 0.05) is 0 Å². The molecule has 1 aromatic heterocycles. The molecule has 4 nitrogen and oxygen atoms in total. The van der Waals surface area contributed by atoms with E-state index in [0.29, 0.717) is 6.54 Å². The SMILES string of the molecule is CCCCCCN[C@@H](C)C(=O)NCc1ccco1. The molecule has 0 aromatic carbocycles. The highest BCUT2D eigenvalue weighted by Crippen LogP contribution is 1.99. The number of carbonyl (C=O) groups is 1. The molecule has 0 bridgehead atoms. The third-order valence-corrected chi connectivity index (χ3v) is 2.89. The Morgan fingerprint density at radius 3 is 2.89 bits per heavy atom. The van der Waals surface area contributed by atoms with Gasteiger partial charge in [0.1, 0.15) is 5.76 Å². The van der Waals surface area contributed by atoms with Crippen LogP contribution in [0.3, 0.4) is 0 Å². The van der Waals surface area contributed by atoms with E-state index in [9.17, 15) is 4.79 Å². The van der Waals surface area contributed by atoms with E-state index in [2.05, 4.69) is 17.6 Å². The van der Waals surface area contributed by atoms with Crippen LogP contribution >= 0.6 is 0 Å². The van der Waals surface area contributed by atoms with Gasteiger partial charge in [-0.25, -0.2) is 0 Å². The highest BCUT2D eigenvalue weighted by atomic mass is 16.3. The van der Waals surface area contributed by atoms with Crippen molar-refractivity contribution in [3.63, 3.8) is 0 Å². The fourth-order valence-corrected chi connectivity index (χ4v) is 1.70. The van der Waals surface area contributed by atoms with Crippen molar-refractivity contribution in [2.45, 2.75) is 52.1 Å². The maximum Gasteiger partial charge on any atom is 0.237 e. The van der Waals surface area contributed by atoms with Gasteiger partial charge in [0.15, 0.2) is 0 Å². The molecule has 0 saturated heterocycles. The topological polar surface area (TPSA) is 54.3 Å². The van der Waals surface area contributed by atoms with E-state index in [1.54, 1.807) is 6.26 Å². The zero-order valence-electron chi connectivity index (χ0n) is 11.4. The fourth-order valence-electron chi connectivity index (χ4n) is 1.70. The summed E-state index contributed by atoms with van der Waals surface area (Å²) in [5, 5.41) is 6.07. The fraction of sp³-hybridized carbons (Fsp3) is 0.643. The van der Waals surface area contributed by atoms with Crippen LogP contribution in [0.5, 0.6) is 0 Å². The molecule has 1 atom stereocenters. The summed E-state index contributed by atoms with van der Waals surface area (Å²) in [5.74, 6) is 0.792. The number of hydrogen-bond acceptors (Lipinski definition) is 3. The number of furan rings is 1. The summed E-state index contributed by atoms with van der Waals surface area (Å²) in [6.45, 7) is 5.43. The summed E-state index contributed by atoms with van der Waals surface area (Å²) in [6, 6.07) is 3.52. The molecule has 1 amide bonds. The van der Waals surface area contributed by atoms with Gasteiger partial charge in [0.2, 0.25) is 5.91 Å². The van der Waals surface area contributed by atoms with Crippen LogP contribution in [-0.4, -0.2) is 18.5 Å². The summed E-state index contributed by atoms with van der Waals surface area (Å²) >= 11 is 0. The first-order valence-corrected chi connectivity index (χ1v) is 6.77. The number of rotatable bonds is 9. The molecule has 1 rings (SSSR count). The summed E-state index contributed by atoms with van der Waals surface area (Å²) < 4.78 is 5.15. The number of carbonyl (C=O) groups excluding carboxylic acids is 1. The van der Waals surface area contributed by atoms with Gasteiger partial charge in [-0.15, -0.1) is 0 Å². The summed E-state index contributed by atoms with van der Waals surface area (Å²) in [7, 11) is 0. The van der Waals surface area contributed by atoms with Crippen molar-refractivity contribution < 1.29 is 9.21 Å². The summed E-state index contributed by atoms with van der Waals surface area (Å²) in [6.07, 6.45) is 6.46. The average Bonchev–Trinajstić information content (AvgIpc) is 2.88. The zero-order chi connectivity index (χ0) is 13.2. The second-order valence-corrected chi connectivity index (χ2v) is 4.53. The number of amides is 1. The normalized spacial score (nSPS) is 12.3. The molecular formula is C14H24N2O2. The molecule has 0 aliphatic rings. The zero-order valence-corrected chi connectivity index (χ0v) is 11.4. The second-order valence-electron chi connectivity index (χ2n) is 4.53. The maximum absolute atomic E-state index is 11.7. The van der Waals surface area contributed by atoms with Gasteiger partial charge < -0.3 is 15.1 Å². The van der Waals surface area contributed by atoms with E-state index < -0.39 is 0 Å². The predicted molar refractivity (Wildman–Crippen MR) is 72.2 cm³/mol. The summed E-state index contributed by atoms with van der Waals surface area (Å²) in [4.78, 5) is 11.7. The molecule has 0 spiro atoms. The Balaban J connectivity index is 2.09. The molecular weight excluding hydrogens is 228 g/mol. The number of hydrogen-bond donors (Lipinski definition) is 2. The van der Waals surface area contributed by atoms with Crippen molar-refractivity contribution >= 4 is 5.91 Å². The van der Waals surface area contributed by atoms with Crippen LogP contribution in [0.15, 0.2) is 22.8 Å². The monoisotopic (exact) mass is 252 g/mol. The third kappa shape index (κ3) is 5.87. The molecule has 0 fully saturated rings. The van der Waals surface area contributed by atoms with Crippen LogP contribution in [0.1, 0.15) is 45.3 Å². The molecule has 2 N–H and O–H groups in total. The molecule has 0 aliphatic carbocycles. The van der Waals surface area contributed by atoms with Crippen LogP contribution in [0.25, 0.3) is 0 Å². The average molecular weight is 252 g/mol. The Morgan fingerprint density at radius 2 is 2.22 bits per heavy atom. The van der Waals surface area contributed by atoms with Crippen LogP contribution in [0.2, 0.25) is 0 Å². The number of unbranched alkanes of at least 4 members (excludes halogenated alkanes) is 3. The number of nitrogens with one attached hydrogen (secondary N) is 2. The van der Waals surface area contributed by atoms with Crippen LogP contribution in [-0.2, 0) is 11.3 Å². The lowest BCUT2D eigenvalue weighted by Crippen LogP contribution is -2.42. The molecule has 102 valence electrons. The minimum absolute atomic E-state index is 0.0156. The standard InChI is InChI=1S/C14H24N2O2/c1-3-4-5-6-9-15-12(2)14(17)16-11-13-8-7-10-18-13/h7-8,10,12,15H,3-6,9,11H2,1-2H3,(H,16,17)/t12-/m0/s1. The van der Waals surface area contributed by atoms with Crippen molar-refractivity contribution in [1.82, 2.24) is 10.6 Å². The van der Waals surface area contributed by atoms with Gasteiger partial charge in [-0.05, 0) is 32.0 Å². The Kier molecular flexibility index (Phi) is 7.18.